The fourth-order valence-corrected chi connectivity index (χ4v) is 5.06. The number of fused-ring (bicyclic) bond motifs is 1. The second-order valence-corrected chi connectivity index (χ2v) is 9.30. The van der Waals surface area contributed by atoms with Crippen molar-refractivity contribution in [3.05, 3.63) is 52.3 Å². The van der Waals surface area contributed by atoms with Gasteiger partial charge in [0.05, 0.1) is 26.1 Å². The van der Waals surface area contributed by atoms with Crippen LogP contribution in [-0.4, -0.2) is 58.9 Å². The van der Waals surface area contributed by atoms with Gasteiger partial charge in [0.15, 0.2) is 23.1 Å². The van der Waals surface area contributed by atoms with E-state index in [1.807, 2.05) is 0 Å². The quantitative estimate of drug-likeness (QED) is 0.426. The summed E-state index contributed by atoms with van der Waals surface area (Å²) in [4.78, 5) is 35.6. The molecule has 0 amide bonds. The number of allylic oxidation sites excluding steroid dienone is 1. The molecule has 2 aliphatic rings. The van der Waals surface area contributed by atoms with Gasteiger partial charge >= 0.3 is 0 Å². The van der Waals surface area contributed by atoms with Gasteiger partial charge in [-0.2, -0.15) is 4.98 Å². The summed E-state index contributed by atoms with van der Waals surface area (Å²) in [6, 6.07) is 4.90. The molecule has 38 heavy (non-hydrogen) atoms. The zero-order valence-electron chi connectivity index (χ0n) is 21.0. The van der Waals surface area contributed by atoms with Crippen LogP contribution >= 0.6 is 11.6 Å². The highest BCUT2D eigenvalue weighted by molar-refractivity contribution is 6.35. The maximum absolute atomic E-state index is 13.8. The number of ether oxygens (including phenoxy) is 3. The predicted octanol–water partition coefficient (Wildman–Crippen LogP) is 4.44. The summed E-state index contributed by atoms with van der Waals surface area (Å²) in [7, 11) is 2.82. The topological polar surface area (TPSA) is 146 Å². The second kappa shape index (κ2) is 9.64. The van der Waals surface area contributed by atoms with Gasteiger partial charge in [-0.25, -0.2) is 0 Å². The van der Waals surface area contributed by atoms with Crippen LogP contribution in [0.2, 0.25) is 5.02 Å². The van der Waals surface area contributed by atoms with Crippen molar-refractivity contribution in [3.8, 4) is 28.8 Å². The standard InChI is InChI=1S/C26H24ClN3O8/c1-12-10-14(31)19(13(2)28-8-7-18-29-25(30-38-18)15-6-5-9-36-15)23(32)26(12)24(33)20-16(34-3)11-17(35-4)21(27)22(20)37-26/h5-6,9,11-12,32H,7-8,10H2,1-4H3/t12-,26+/m1/s1. The molecule has 3 aromatic rings. The molecule has 11 nitrogen and oxygen atoms in total. The van der Waals surface area contributed by atoms with Crippen molar-refractivity contribution in [1.29, 1.82) is 0 Å². The summed E-state index contributed by atoms with van der Waals surface area (Å²) < 4.78 is 27.3. The molecule has 1 N–H and O–H groups in total. The Labute approximate surface area is 222 Å². The first-order valence-electron chi connectivity index (χ1n) is 11.8. The van der Waals surface area contributed by atoms with Crippen LogP contribution in [0.4, 0.5) is 0 Å². The molecule has 1 aromatic carbocycles. The van der Waals surface area contributed by atoms with E-state index in [2.05, 4.69) is 15.1 Å². The fraction of sp³-hybridized carbons (Fsp3) is 0.346. The number of aliphatic imine (C=N–C) groups is 1. The summed E-state index contributed by atoms with van der Waals surface area (Å²) in [6.07, 6.45) is 1.73. The van der Waals surface area contributed by atoms with E-state index in [-0.39, 0.29) is 64.3 Å². The molecular formula is C26H24ClN3O8. The second-order valence-electron chi connectivity index (χ2n) is 8.92. The van der Waals surface area contributed by atoms with Crippen molar-refractivity contribution in [2.75, 3.05) is 20.8 Å². The number of hydrogen-bond acceptors (Lipinski definition) is 11. The number of aromatic nitrogens is 2. The molecule has 0 unspecified atom stereocenters. The maximum Gasteiger partial charge on any atom is 0.238 e. The van der Waals surface area contributed by atoms with Crippen molar-refractivity contribution in [2.24, 2.45) is 10.9 Å². The number of halogens is 1. The minimum absolute atomic E-state index is 0.0262. The molecule has 0 saturated carbocycles. The largest absolute Gasteiger partial charge is 0.507 e. The molecule has 2 atom stereocenters. The molecule has 1 aliphatic carbocycles. The molecule has 0 radical (unpaired) electrons. The number of nitrogens with zero attached hydrogens (tertiary/aromatic N) is 3. The van der Waals surface area contributed by atoms with E-state index in [0.29, 0.717) is 17.5 Å². The minimum atomic E-state index is -1.87. The Bertz CT molecular complexity index is 1490. The number of benzene rings is 1. The molecule has 2 aromatic heterocycles. The Balaban J connectivity index is 1.46. The average Bonchev–Trinajstić information content (AvgIpc) is 3.64. The van der Waals surface area contributed by atoms with Gasteiger partial charge in [-0.05, 0) is 19.1 Å². The summed E-state index contributed by atoms with van der Waals surface area (Å²) in [5.41, 5.74) is -1.62. The summed E-state index contributed by atoms with van der Waals surface area (Å²) in [5.74, 6) is -0.578. The normalized spacial score (nSPS) is 21.2. The Morgan fingerprint density at radius 2 is 2.05 bits per heavy atom. The first-order chi connectivity index (χ1) is 18.2. The van der Waals surface area contributed by atoms with E-state index < -0.39 is 23.1 Å². The number of aliphatic hydroxyl groups excluding tert-OH is 1. The average molecular weight is 542 g/mol. The molecule has 5 rings (SSSR count). The highest BCUT2D eigenvalue weighted by Gasteiger charge is 2.61. The lowest BCUT2D eigenvalue weighted by Crippen LogP contribution is -2.53. The van der Waals surface area contributed by atoms with Crippen LogP contribution in [0.1, 0.15) is 36.5 Å². The number of carbonyl (C=O) groups excluding carboxylic acids is 2. The van der Waals surface area contributed by atoms with Gasteiger partial charge in [0.1, 0.15) is 22.1 Å². The molecule has 1 aliphatic heterocycles. The van der Waals surface area contributed by atoms with Gasteiger partial charge < -0.3 is 28.3 Å². The highest BCUT2D eigenvalue weighted by atomic mass is 35.5. The number of ketones is 2. The smallest absolute Gasteiger partial charge is 0.238 e. The molecule has 0 bridgehead atoms. The number of furan rings is 1. The molecule has 0 fully saturated rings. The molecule has 0 saturated heterocycles. The summed E-state index contributed by atoms with van der Waals surface area (Å²) in [6.45, 7) is 3.42. The first kappa shape index (κ1) is 25.5. The summed E-state index contributed by atoms with van der Waals surface area (Å²) in [5, 5.41) is 15.4. The SMILES string of the molecule is COc1cc(OC)c2c(c1Cl)O[C@]1(C2=O)C(O)=C(C(C)=NCCc2nc(-c3ccco3)no2)C(=O)C[C@H]1C. The number of methoxy groups -OCH3 is 2. The van der Waals surface area contributed by atoms with E-state index in [4.69, 9.17) is 34.8 Å². The van der Waals surface area contributed by atoms with E-state index in [1.165, 1.54) is 26.5 Å². The van der Waals surface area contributed by atoms with Gasteiger partial charge in [0.25, 0.3) is 0 Å². The van der Waals surface area contributed by atoms with Crippen LogP contribution in [0, 0.1) is 5.92 Å². The monoisotopic (exact) mass is 541 g/mol. The summed E-state index contributed by atoms with van der Waals surface area (Å²) >= 11 is 6.46. The van der Waals surface area contributed by atoms with Crippen molar-refractivity contribution >= 4 is 28.9 Å². The van der Waals surface area contributed by atoms with Crippen LogP contribution < -0.4 is 14.2 Å². The molecule has 1 spiro atoms. The fourth-order valence-electron chi connectivity index (χ4n) is 4.79. The van der Waals surface area contributed by atoms with Crippen molar-refractivity contribution in [1.82, 2.24) is 10.1 Å². The third kappa shape index (κ3) is 3.85. The van der Waals surface area contributed by atoms with Crippen molar-refractivity contribution < 1.29 is 37.8 Å². The van der Waals surface area contributed by atoms with Gasteiger partial charge in [-0.1, -0.05) is 23.7 Å². The van der Waals surface area contributed by atoms with Gasteiger partial charge in [-0.15, -0.1) is 0 Å². The number of carbonyl (C=O) groups is 2. The Hall–Kier alpha value is -4.12. The molecule has 3 heterocycles. The van der Waals surface area contributed by atoms with Gasteiger partial charge in [0.2, 0.25) is 23.1 Å². The van der Waals surface area contributed by atoms with E-state index in [1.54, 1.807) is 26.0 Å². The lowest BCUT2D eigenvalue weighted by atomic mass is 9.72. The lowest BCUT2D eigenvalue weighted by Gasteiger charge is -2.37. The van der Waals surface area contributed by atoms with Gasteiger partial charge in [0, 0.05) is 37.1 Å². The van der Waals surface area contributed by atoms with E-state index in [9.17, 15) is 14.7 Å². The predicted molar refractivity (Wildman–Crippen MR) is 134 cm³/mol. The van der Waals surface area contributed by atoms with E-state index in [0.717, 1.165) is 0 Å². The first-order valence-corrected chi connectivity index (χ1v) is 12.1. The van der Waals surface area contributed by atoms with Crippen LogP contribution in [-0.2, 0) is 11.2 Å². The maximum atomic E-state index is 13.8. The van der Waals surface area contributed by atoms with Gasteiger partial charge in [-0.3, -0.25) is 14.6 Å². The number of aliphatic hydroxyl groups is 1. The van der Waals surface area contributed by atoms with Crippen molar-refractivity contribution in [3.63, 3.8) is 0 Å². The molecule has 198 valence electrons. The van der Waals surface area contributed by atoms with Crippen LogP contribution in [0.3, 0.4) is 0 Å². The Kier molecular flexibility index (Phi) is 6.47. The zero-order valence-corrected chi connectivity index (χ0v) is 21.8. The van der Waals surface area contributed by atoms with Crippen molar-refractivity contribution in [2.45, 2.75) is 32.3 Å². The molecular weight excluding hydrogens is 518 g/mol. The number of Topliss-reactive ketones (excluding diaryl/α,β-unsaturated/α-hetero) is 2. The van der Waals surface area contributed by atoms with Crippen LogP contribution in [0.5, 0.6) is 17.2 Å². The zero-order chi connectivity index (χ0) is 27.2. The highest BCUT2D eigenvalue weighted by Crippen LogP contribution is 2.54. The van der Waals surface area contributed by atoms with Crippen LogP contribution in [0.15, 0.2) is 49.7 Å². The van der Waals surface area contributed by atoms with E-state index >= 15 is 0 Å². The minimum Gasteiger partial charge on any atom is -0.507 e. The Morgan fingerprint density at radius 1 is 1.29 bits per heavy atom. The Morgan fingerprint density at radius 3 is 2.74 bits per heavy atom. The third-order valence-electron chi connectivity index (χ3n) is 6.72. The third-order valence-corrected chi connectivity index (χ3v) is 7.08. The number of hydrogen-bond donors (Lipinski definition) is 1. The van der Waals surface area contributed by atoms with Crippen LogP contribution in [0.25, 0.3) is 11.6 Å². The molecule has 12 heteroatoms. The number of rotatable bonds is 7. The lowest BCUT2D eigenvalue weighted by molar-refractivity contribution is -0.118.